The zero-order valence-corrected chi connectivity index (χ0v) is 8.86. The molecule has 0 aliphatic carbocycles. The van der Waals surface area contributed by atoms with E-state index >= 15 is 0 Å². The molecule has 2 heterocycles. The summed E-state index contributed by atoms with van der Waals surface area (Å²) in [5.41, 5.74) is 1.03. The molecule has 0 amide bonds. The SMILES string of the molecule is Cc1csc(Cn2ccc(C(=O)O)n2)n1. The molecule has 0 aromatic carbocycles. The molecule has 0 fully saturated rings. The minimum atomic E-state index is -1.01. The van der Waals surface area contributed by atoms with E-state index in [0.717, 1.165) is 10.7 Å². The molecule has 1 N–H and O–H groups in total. The molecule has 5 nitrogen and oxygen atoms in total. The summed E-state index contributed by atoms with van der Waals surface area (Å²) in [6.07, 6.45) is 1.64. The quantitative estimate of drug-likeness (QED) is 0.853. The van der Waals surface area contributed by atoms with Crippen LogP contribution in [0.2, 0.25) is 0 Å². The molecule has 0 bridgehead atoms. The standard InChI is InChI=1S/C9H9N3O2S/c1-6-5-15-8(10-6)4-12-3-2-7(11-12)9(13)14/h2-3,5H,4H2,1H3,(H,13,14). The summed E-state index contributed by atoms with van der Waals surface area (Å²) in [5.74, 6) is -1.01. The van der Waals surface area contributed by atoms with Crippen molar-refractivity contribution in [1.82, 2.24) is 14.8 Å². The van der Waals surface area contributed by atoms with E-state index in [1.165, 1.54) is 6.07 Å². The van der Waals surface area contributed by atoms with Gasteiger partial charge in [-0.05, 0) is 13.0 Å². The number of hydrogen-bond acceptors (Lipinski definition) is 4. The molecule has 2 rings (SSSR count). The fourth-order valence-electron chi connectivity index (χ4n) is 1.18. The van der Waals surface area contributed by atoms with Crippen LogP contribution in [0.15, 0.2) is 17.6 Å². The number of rotatable bonds is 3. The highest BCUT2D eigenvalue weighted by molar-refractivity contribution is 7.09. The van der Waals surface area contributed by atoms with Crippen LogP contribution in [0.4, 0.5) is 0 Å². The fraction of sp³-hybridized carbons (Fsp3) is 0.222. The minimum absolute atomic E-state index is 0.0586. The number of thiazole rings is 1. The molecule has 0 radical (unpaired) electrons. The third kappa shape index (κ3) is 2.21. The van der Waals surface area contributed by atoms with E-state index < -0.39 is 5.97 Å². The number of carbonyl (C=O) groups is 1. The van der Waals surface area contributed by atoms with Gasteiger partial charge in [-0.1, -0.05) is 0 Å². The van der Waals surface area contributed by atoms with Gasteiger partial charge in [0.25, 0.3) is 0 Å². The maximum Gasteiger partial charge on any atom is 0.356 e. The van der Waals surface area contributed by atoms with Crippen LogP contribution < -0.4 is 0 Å². The molecule has 0 saturated carbocycles. The summed E-state index contributed by atoms with van der Waals surface area (Å²) in [7, 11) is 0. The third-order valence-corrected chi connectivity index (χ3v) is 2.78. The Morgan fingerprint density at radius 3 is 3.00 bits per heavy atom. The average Bonchev–Trinajstić information content (AvgIpc) is 2.76. The molecule has 0 saturated heterocycles. The summed E-state index contributed by atoms with van der Waals surface area (Å²) in [6, 6.07) is 1.47. The van der Waals surface area contributed by atoms with Crippen LogP contribution in [-0.2, 0) is 6.54 Å². The summed E-state index contributed by atoms with van der Waals surface area (Å²) in [6.45, 7) is 2.44. The molecule has 0 aliphatic rings. The van der Waals surface area contributed by atoms with Crippen molar-refractivity contribution < 1.29 is 9.90 Å². The largest absolute Gasteiger partial charge is 0.476 e. The van der Waals surface area contributed by atoms with Gasteiger partial charge in [-0.15, -0.1) is 11.3 Å². The van der Waals surface area contributed by atoms with Crippen LogP contribution in [0.25, 0.3) is 0 Å². The lowest BCUT2D eigenvalue weighted by molar-refractivity contribution is 0.0689. The molecule has 0 unspecified atom stereocenters. The first-order valence-corrected chi connectivity index (χ1v) is 5.21. The number of aryl methyl sites for hydroxylation is 1. The van der Waals surface area contributed by atoms with E-state index in [1.54, 1.807) is 22.2 Å². The molecule has 15 heavy (non-hydrogen) atoms. The molecule has 0 aliphatic heterocycles. The van der Waals surface area contributed by atoms with E-state index in [0.29, 0.717) is 6.54 Å². The first-order valence-electron chi connectivity index (χ1n) is 4.33. The van der Waals surface area contributed by atoms with E-state index in [2.05, 4.69) is 10.1 Å². The van der Waals surface area contributed by atoms with Gasteiger partial charge in [0.05, 0.1) is 6.54 Å². The first-order chi connectivity index (χ1) is 7.15. The molecular weight excluding hydrogens is 214 g/mol. The Labute approximate surface area is 90.0 Å². The summed E-state index contributed by atoms with van der Waals surface area (Å²) in [4.78, 5) is 14.9. The number of hydrogen-bond donors (Lipinski definition) is 1. The molecular formula is C9H9N3O2S. The highest BCUT2D eigenvalue weighted by atomic mass is 32.1. The minimum Gasteiger partial charge on any atom is -0.476 e. The van der Waals surface area contributed by atoms with Crippen molar-refractivity contribution in [3.8, 4) is 0 Å². The van der Waals surface area contributed by atoms with Gasteiger partial charge in [-0.2, -0.15) is 5.10 Å². The summed E-state index contributed by atoms with van der Waals surface area (Å²) < 4.78 is 1.57. The van der Waals surface area contributed by atoms with Gasteiger partial charge in [0.15, 0.2) is 5.69 Å². The zero-order valence-electron chi connectivity index (χ0n) is 8.04. The van der Waals surface area contributed by atoms with Gasteiger partial charge in [0.2, 0.25) is 0 Å². The van der Waals surface area contributed by atoms with Gasteiger partial charge >= 0.3 is 5.97 Å². The Hall–Kier alpha value is -1.69. The van der Waals surface area contributed by atoms with E-state index in [1.807, 2.05) is 12.3 Å². The second-order valence-corrected chi connectivity index (χ2v) is 4.03. The molecule has 0 atom stereocenters. The number of carboxylic acid groups (broad SMARTS) is 1. The lowest BCUT2D eigenvalue weighted by atomic mass is 10.5. The molecule has 6 heteroatoms. The van der Waals surface area contributed by atoms with Gasteiger partial charge < -0.3 is 5.11 Å². The van der Waals surface area contributed by atoms with Gasteiger partial charge in [0, 0.05) is 17.3 Å². The lowest BCUT2D eigenvalue weighted by Gasteiger charge is -1.95. The Bertz CT molecular complexity index is 489. The van der Waals surface area contributed by atoms with Crippen molar-refractivity contribution in [3.63, 3.8) is 0 Å². The monoisotopic (exact) mass is 223 g/mol. The Morgan fingerprint density at radius 2 is 2.47 bits per heavy atom. The van der Waals surface area contributed by atoms with Crippen molar-refractivity contribution in [2.75, 3.05) is 0 Å². The zero-order chi connectivity index (χ0) is 10.8. The Morgan fingerprint density at radius 1 is 1.67 bits per heavy atom. The van der Waals surface area contributed by atoms with E-state index in [9.17, 15) is 4.79 Å². The van der Waals surface area contributed by atoms with Gasteiger partial charge in [0.1, 0.15) is 5.01 Å². The van der Waals surface area contributed by atoms with E-state index in [4.69, 9.17) is 5.11 Å². The average molecular weight is 223 g/mol. The van der Waals surface area contributed by atoms with Crippen LogP contribution in [0, 0.1) is 6.92 Å². The Balaban J connectivity index is 2.14. The van der Waals surface area contributed by atoms with Crippen molar-refractivity contribution in [2.45, 2.75) is 13.5 Å². The molecule has 2 aromatic rings. The van der Waals surface area contributed by atoms with Crippen molar-refractivity contribution >= 4 is 17.3 Å². The fourth-order valence-corrected chi connectivity index (χ4v) is 1.94. The maximum atomic E-state index is 10.6. The predicted octanol–water partition coefficient (Wildman–Crippen LogP) is 1.39. The topological polar surface area (TPSA) is 68.0 Å². The highest BCUT2D eigenvalue weighted by Gasteiger charge is 2.07. The third-order valence-electron chi connectivity index (χ3n) is 1.82. The van der Waals surface area contributed by atoms with Gasteiger partial charge in [-0.25, -0.2) is 9.78 Å². The number of aromatic nitrogens is 3. The molecule has 78 valence electrons. The number of carboxylic acids is 1. The predicted molar refractivity (Wildman–Crippen MR) is 55.1 cm³/mol. The number of nitrogens with zero attached hydrogens (tertiary/aromatic N) is 3. The highest BCUT2D eigenvalue weighted by Crippen LogP contribution is 2.10. The van der Waals surface area contributed by atoms with Crippen LogP contribution >= 0.6 is 11.3 Å². The van der Waals surface area contributed by atoms with Crippen LogP contribution in [0.5, 0.6) is 0 Å². The van der Waals surface area contributed by atoms with Crippen LogP contribution in [0.1, 0.15) is 21.2 Å². The van der Waals surface area contributed by atoms with Crippen molar-refractivity contribution in [1.29, 1.82) is 0 Å². The first kappa shape index (κ1) is 9.85. The Kier molecular flexibility index (Phi) is 2.51. The smallest absolute Gasteiger partial charge is 0.356 e. The normalized spacial score (nSPS) is 10.5. The summed E-state index contributed by atoms with van der Waals surface area (Å²) in [5, 5.41) is 15.5. The number of aromatic carboxylic acids is 1. The second-order valence-electron chi connectivity index (χ2n) is 3.09. The molecule has 0 spiro atoms. The van der Waals surface area contributed by atoms with Crippen molar-refractivity contribution in [3.05, 3.63) is 34.0 Å². The van der Waals surface area contributed by atoms with E-state index in [-0.39, 0.29) is 5.69 Å². The summed E-state index contributed by atoms with van der Waals surface area (Å²) >= 11 is 1.54. The molecule has 2 aromatic heterocycles. The lowest BCUT2D eigenvalue weighted by Crippen LogP contribution is -2.03. The van der Waals surface area contributed by atoms with Crippen LogP contribution in [0.3, 0.4) is 0 Å². The second kappa shape index (κ2) is 3.82. The van der Waals surface area contributed by atoms with Gasteiger partial charge in [-0.3, -0.25) is 4.68 Å². The maximum absolute atomic E-state index is 10.6. The van der Waals surface area contributed by atoms with Crippen LogP contribution in [-0.4, -0.2) is 25.8 Å². The van der Waals surface area contributed by atoms with Crippen molar-refractivity contribution in [2.24, 2.45) is 0 Å².